The van der Waals surface area contributed by atoms with E-state index in [0.717, 1.165) is 6.07 Å². The molecule has 0 bridgehead atoms. The number of alkyl halides is 3. The predicted octanol–water partition coefficient (Wildman–Crippen LogP) is 4.43. The Hall–Kier alpha value is -2.03. The van der Waals surface area contributed by atoms with E-state index in [-0.39, 0.29) is 34.1 Å². The number of cyclic esters (lactones) is 1. The van der Waals surface area contributed by atoms with Gasteiger partial charge < -0.3 is 14.4 Å². The highest BCUT2D eigenvalue weighted by Gasteiger charge is 2.53. The topological polar surface area (TPSA) is 55.8 Å². The summed E-state index contributed by atoms with van der Waals surface area (Å²) in [6, 6.07) is 2.29. The van der Waals surface area contributed by atoms with Crippen molar-refractivity contribution in [1.82, 2.24) is 4.90 Å². The third kappa shape index (κ3) is 4.08. The SMILES string of the molecule is O=C1CC2(CO1)CC(C(=O)N1CCC(c3ccc(F)c(OC(F)(F)F)c3Cl)CC1)C2. The van der Waals surface area contributed by atoms with Crippen LogP contribution in [0.3, 0.4) is 0 Å². The van der Waals surface area contributed by atoms with E-state index in [2.05, 4.69) is 4.74 Å². The summed E-state index contributed by atoms with van der Waals surface area (Å²) >= 11 is 6.03. The summed E-state index contributed by atoms with van der Waals surface area (Å²) in [6.45, 7) is 1.25. The average Bonchev–Trinajstić information content (AvgIpc) is 3.05. The van der Waals surface area contributed by atoms with E-state index in [1.54, 1.807) is 4.90 Å². The number of halogens is 5. The number of carbonyl (C=O) groups excluding carboxylic acids is 2. The summed E-state index contributed by atoms with van der Waals surface area (Å²) < 4.78 is 60.2. The first kappa shape index (κ1) is 21.2. The predicted molar refractivity (Wildman–Crippen MR) is 97.4 cm³/mol. The number of ether oxygens (including phenoxy) is 2. The Kier molecular flexibility index (Phi) is 5.36. The maximum atomic E-state index is 13.8. The van der Waals surface area contributed by atoms with Crippen LogP contribution < -0.4 is 4.74 Å². The standard InChI is InChI=1S/C20H20ClF4NO4/c21-16-13(1-2-14(22)17(16)30-20(23,24)25)11-3-5-26(6-4-11)18(28)12-7-19(8-12)9-15(27)29-10-19/h1-2,11-12H,3-10H2. The summed E-state index contributed by atoms with van der Waals surface area (Å²) in [5, 5.41) is -0.385. The molecule has 0 aromatic heterocycles. The van der Waals surface area contributed by atoms with Crippen molar-refractivity contribution < 1.29 is 36.6 Å². The molecule has 0 N–H and O–H groups in total. The van der Waals surface area contributed by atoms with Crippen molar-refractivity contribution in [1.29, 1.82) is 0 Å². The van der Waals surface area contributed by atoms with Crippen LogP contribution in [0.5, 0.6) is 5.75 Å². The van der Waals surface area contributed by atoms with Crippen molar-refractivity contribution >= 4 is 23.5 Å². The van der Waals surface area contributed by atoms with Gasteiger partial charge in [0, 0.05) is 24.4 Å². The Morgan fingerprint density at radius 1 is 1.23 bits per heavy atom. The quantitative estimate of drug-likeness (QED) is 0.506. The lowest BCUT2D eigenvalue weighted by Crippen LogP contribution is -2.49. The van der Waals surface area contributed by atoms with Gasteiger partial charge in [0.05, 0.1) is 18.1 Å². The van der Waals surface area contributed by atoms with Crippen molar-refractivity contribution in [2.45, 2.75) is 44.4 Å². The molecule has 0 unspecified atom stereocenters. The van der Waals surface area contributed by atoms with E-state index in [4.69, 9.17) is 16.3 Å². The van der Waals surface area contributed by atoms with Gasteiger partial charge in [-0.15, -0.1) is 13.2 Å². The summed E-state index contributed by atoms with van der Waals surface area (Å²) in [4.78, 5) is 25.8. The summed E-state index contributed by atoms with van der Waals surface area (Å²) in [5.74, 6) is -2.71. The fourth-order valence-corrected chi connectivity index (χ4v) is 5.15. The van der Waals surface area contributed by atoms with Gasteiger partial charge in [-0.3, -0.25) is 9.59 Å². The number of amides is 1. The minimum atomic E-state index is -5.05. The molecule has 3 fully saturated rings. The largest absolute Gasteiger partial charge is 0.573 e. The van der Waals surface area contributed by atoms with E-state index < -0.39 is 17.9 Å². The van der Waals surface area contributed by atoms with Crippen LogP contribution in [0.1, 0.15) is 43.6 Å². The lowest BCUT2D eigenvalue weighted by atomic mass is 9.61. The molecule has 3 aliphatic rings. The minimum Gasteiger partial charge on any atom is -0.465 e. The van der Waals surface area contributed by atoms with Crippen LogP contribution in [0.25, 0.3) is 0 Å². The molecule has 5 nitrogen and oxygen atoms in total. The van der Waals surface area contributed by atoms with Crippen LogP contribution in [0, 0.1) is 17.2 Å². The molecule has 0 atom stereocenters. The first-order chi connectivity index (χ1) is 14.1. The van der Waals surface area contributed by atoms with Crippen molar-refractivity contribution in [3.8, 4) is 5.75 Å². The van der Waals surface area contributed by atoms with E-state index in [9.17, 15) is 27.2 Å². The normalized spacial score (nSPS) is 27.2. The first-order valence-electron chi connectivity index (χ1n) is 9.75. The highest BCUT2D eigenvalue weighted by Crippen LogP contribution is 2.52. The van der Waals surface area contributed by atoms with Crippen molar-refractivity contribution in [2.24, 2.45) is 11.3 Å². The maximum absolute atomic E-state index is 13.8. The second-order valence-corrected chi connectivity index (χ2v) is 8.75. The number of hydrogen-bond donors (Lipinski definition) is 0. The lowest BCUT2D eigenvalue weighted by molar-refractivity contribution is -0.275. The number of nitrogens with zero attached hydrogens (tertiary/aromatic N) is 1. The molecule has 1 aromatic carbocycles. The molecule has 4 rings (SSSR count). The van der Waals surface area contributed by atoms with Crippen LogP contribution in [0.15, 0.2) is 12.1 Å². The van der Waals surface area contributed by atoms with E-state index in [1.807, 2.05) is 0 Å². The molecule has 1 aliphatic carbocycles. The van der Waals surface area contributed by atoms with E-state index >= 15 is 0 Å². The molecule has 1 saturated carbocycles. The van der Waals surface area contributed by atoms with Gasteiger partial charge in [-0.25, -0.2) is 4.39 Å². The minimum absolute atomic E-state index is 0.0321. The number of carbonyl (C=O) groups is 2. The summed E-state index contributed by atoms with van der Waals surface area (Å²) in [7, 11) is 0. The Morgan fingerprint density at radius 2 is 1.90 bits per heavy atom. The lowest BCUT2D eigenvalue weighted by Gasteiger charge is -2.45. The molecule has 2 heterocycles. The molecule has 1 spiro atoms. The van der Waals surface area contributed by atoms with Gasteiger partial charge in [0.25, 0.3) is 0 Å². The fourth-order valence-electron chi connectivity index (χ4n) is 4.81. The molecule has 1 aromatic rings. The highest BCUT2D eigenvalue weighted by atomic mass is 35.5. The van der Waals surface area contributed by atoms with Gasteiger partial charge in [-0.1, -0.05) is 17.7 Å². The van der Waals surface area contributed by atoms with Crippen molar-refractivity contribution in [3.63, 3.8) is 0 Å². The third-order valence-corrected chi connectivity index (χ3v) is 6.70. The number of hydrogen-bond acceptors (Lipinski definition) is 4. The van der Waals surface area contributed by atoms with Crippen molar-refractivity contribution in [3.05, 3.63) is 28.5 Å². The van der Waals surface area contributed by atoms with E-state index in [0.29, 0.717) is 57.4 Å². The summed E-state index contributed by atoms with van der Waals surface area (Å²) in [6.07, 6.45) is -2.40. The Morgan fingerprint density at radius 3 is 2.47 bits per heavy atom. The zero-order valence-corrected chi connectivity index (χ0v) is 16.7. The second-order valence-electron chi connectivity index (χ2n) is 8.37. The smallest absolute Gasteiger partial charge is 0.465 e. The van der Waals surface area contributed by atoms with Gasteiger partial charge >= 0.3 is 12.3 Å². The third-order valence-electron chi connectivity index (χ3n) is 6.31. The van der Waals surface area contributed by atoms with Gasteiger partial charge in [-0.05, 0) is 43.2 Å². The van der Waals surface area contributed by atoms with Gasteiger partial charge in [-0.2, -0.15) is 0 Å². The molecule has 1 amide bonds. The average molecular weight is 450 g/mol. The Labute approximate surface area is 175 Å². The first-order valence-corrected chi connectivity index (χ1v) is 10.1. The zero-order chi connectivity index (χ0) is 21.7. The van der Waals surface area contributed by atoms with Crippen LogP contribution in [-0.4, -0.2) is 42.8 Å². The molecule has 30 heavy (non-hydrogen) atoms. The molecular formula is C20H20ClF4NO4. The summed E-state index contributed by atoms with van der Waals surface area (Å²) in [5.41, 5.74) is 0.195. The van der Waals surface area contributed by atoms with Crippen molar-refractivity contribution in [2.75, 3.05) is 19.7 Å². The molecule has 164 valence electrons. The number of rotatable bonds is 3. The van der Waals surface area contributed by atoms with Gasteiger partial charge in [0.1, 0.15) is 0 Å². The van der Waals surface area contributed by atoms with Crippen LogP contribution in [0.2, 0.25) is 5.02 Å². The zero-order valence-electron chi connectivity index (χ0n) is 15.9. The monoisotopic (exact) mass is 449 g/mol. The number of benzene rings is 1. The molecule has 10 heteroatoms. The highest BCUT2D eigenvalue weighted by molar-refractivity contribution is 6.33. The molecule has 0 radical (unpaired) electrons. The Bertz CT molecular complexity index is 861. The van der Waals surface area contributed by atoms with Crippen LogP contribution >= 0.6 is 11.6 Å². The number of esters is 1. The Balaban J connectivity index is 1.36. The number of piperidine rings is 1. The van der Waals surface area contributed by atoms with Gasteiger partial charge in [0.15, 0.2) is 11.6 Å². The van der Waals surface area contributed by atoms with E-state index in [1.165, 1.54) is 6.07 Å². The van der Waals surface area contributed by atoms with Crippen LogP contribution in [-0.2, 0) is 14.3 Å². The molecular weight excluding hydrogens is 430 g/mol. The van der Waals surface area contributed by atoms with Gasteiger partial charge in [0.2, 0.25) is 5.91 Å². The van der Waals surface area contributed by atoms with Crippen LogP contribution in [0.4, 0.5) is 17.6 Å². The second kappa shape index (κ2) is 7.59. The number of likely N-dealkylation sites (tertiary alicyclic amines) is 1. The fraction of sp³-hybridized carbons (Fsp3) is 0.600. The maximum Gasteiger partial charge on any atom is 0.573 e. The molecule has 2 aliphatic heterocycles. The molecule has 2 saturated heterocycles.